The number of hydrogen-bond donors (Lipinski definition) is 2. The van der Waals surface area contributed by atoms with Crippen molar-refractivity contribution in [3.63, 3.8) is 0 Å². The molecule has 2 N–H and O–H groups in total. The van der Waals surface area contributed by atoms with Crippen LogP contribution in [0.4, 0.5) is 0 Å². The molecule has 2 rings (SSSR count). The summed E-state index contributed by atoms with van der Waals surface area (Å²) < 4.78 is 0. The quantitative estimate of drug-likeness (QED) is 0.806. The van der Waals surface area contributed by atoms with Gasteiger partial charge in [-0.15, -0.1) is 0 Å². The van der Waals surface area contributed by atoms with Gasteiger partial charge < -0.3 is 10.4 Å². The summed E-state index contributed by atoms with van der Waals surface area (Å²) in [7, 11) is 0. The first kappa shape index (κ1) is 14.2. The number of nitrogens with one attached hydrogen (secondary N) is 1. The molecule has 1 aromatic rings. The van der Waals surface area contributed by atoms with Gasteiger partial charge in [0, 0.05) is 18.8 Å². The van der Waals surface area contributed by atoms with Crippen molar-refractivity contribution < 1.29 is 14.7 Å². The van der Waals surface area contributed by atoms with E-state index < -0.39 is 5.97 Å². The minimum Gasteiger partial charge on any atom is -0.478 e. The molecule has 0 aliphatic heterocycles. The molecule has 20 heavy (non-hydrogen) atoms. The maximum absolute atomic E-state index is 11.9. The van der Waals surface area contributed by atoms with Gasteiger partial charge in [-0.05, 0) is 36.0 Å². The van der Waals surface area contributed by atoms with Crippen molar-refractivity contribution in [2.75, 3.05) is 6.54 Å². The number of amides is 1. The molecule has 1 aliphatic carbocycles. The minimum absolute atomic E-state index is 0.188. The van der Waals surface area contributed by atoms with E-state index in [-0.39, 0.29) is 11.3 Å². The van der Waals surface area contributed by atoms with Gasteiger partial charge in [0.15, 0.2) is 0 Å². The van der Waals surface area contributed by atoms with Crippen LogP contribution < -0.4 is 5.32 Å². The van der Waals surface area contributed by atoms with Gasteiger partial charge in [0.05, 0.1) is 0 Å². The Bertz CT molecular complexity index is 531. The van der Waals surface area contributed by atoms with Crippen molar-refractivity contribution in [2.24, 2.45) is 5.41 Å². The molecule has 0 aromatic carbocycles. The van der Waals surface area contributed by atoms with Crippen LogP contribution in [0.5, 0.6) is 0 Å². The molecule has 0 bridgehead atoms. The number of carbonyl (C=O) groups is 2. The summed E-state index contributed by atoms with van der Waals surface area (Å²) >= 11 is 0. The number of aromatic nitrogens is 1. The molecule has 0 saturated heterocycles. The van der Waals surface area contributed by atoms with Crippen molar-refractivity contribution in [2.45, 2.75) is 26.2 Å². The summed E-state index contributed by atoms with van der Waals surface area (Å²) in [6.45, 7) is 2.85. The van der Waals surface area contributed by atoms with E-state index in [1.165, 1.54) is 18.7 Å². The number of carboxylic acid groups (broad SMARTS) is 1. The zero-order chi connectivity index (χ0) is 14.6. The zero-order valence-electron chi connectivity index (χ0n) is 11.4. The van der Waals surface area contributed by atoms with Crippen LogP contribution in [0.2, 0.25) is 0 Å². The van der Waals surface area contributed by atoms with Crippen LogP contribution in [-0.2, 0) is 4.79 Å². The Labute approximate surface area is 117 Å². The van der Waals surface area contributed by atoms with Crippen molar-refractivity contribution in [1.29, 1.82) is 0 Å². The average Bonchev–Trinajstić information content (AvgIpc) is 2.41. The molecule has 0 atom stereocenters. The molecule has 0 unspecified atom stereocenters. The summed E-state index contributed by atoms with van der Waals surface area (Å²) in [5.41, 5.74) is 1.23. The number of rotatable bonds is 5. The lowest BCUT2D eigenvalue weighted by Crippen LogP contribution is -2.40. The molecular formula is C15H18N2O3. The predicted molar refractivity (Wildman–Crippen MR) is 75.2 cm³/mol. The molecular weight excluding hydrogens is 256 g/mol. The van der Waals surface area contributed by atoms with E-state index in [0.29, 0.717) is 17.8 Å². The summed E-state index contributed by atoms with van der Waals surface area (Å²) in [5, 5.41) is 11.4. The first-order chi connectivity index (χ1) is 9.48. The molecule has 1 aliphatic rings. The van der Waals surface area contributed by atoms with Crippen molar-refractivity contribution in [1.82, 2.24) is 10.3 Å². The van der Waals surface area contributed by atoms with Crippen LogP contribution in [0.1, 0.15) is 42.2 Å². The van der Waals surface area contributed by atoms with Crippen LogP contribution in [0, 0.1) is 5.41 Å². The monoisotopic (exact) mass is 274 g/mol. The van der Waals surface area contributed by atoms with Gasteiger partial charge in [-0.3, -0.25) is 9.78 Å². The molecule has 0 radical (unpaired) electrons. The number of nitrogens with zero attached hydrogens (tertiary/aromatic N) is 1. The lowest BCUT2D eigenvalue weighted by molar-refractivity contribution is -0.131. The topological polar surface area (TPSA) is 79.3 Å². The van der Waals surface area contributed by atoms with Gasteiger partial charge >= 0.3 is 5.97 Å². The fraction of sp³-hybridized carbons (Fsp3) is 0.400. The van der Waals surface area contributed by atoms with E-state index in [9.17, 15) is 9.59 Å². The molecule has 1 fully saturated rings. The fourth-order valence-electron chi connectivity index (χ4n) is 2.15. The van der Waals surface area contributed by atoms with Crippen molar-refractivity contribution in [3.05, 3.63) is 35.7 Å². The molecule has 106 valence electrons. The smallest absolute Gasteiger partial charge is 0.328 e. The Balaban J connectivity index is 1.91. The summed E-state index contributed by atoms with van der Waals surface area (Å²) in [6.07, 6.45) is 7.49. The normalized spacial score (nSPS) is 16.6. The second-order valence-corrected chi connectivity index (χ2v) is 5.50. The maximum atomic E-state index is 11.9. The molecule has 1 saturated carbocycles. The van der Waals surface area contributed by atoms with E-state index in [4.69, 9.17) is 5.11 Å². The first-order valence-corrected chi connectivity index (χ1v) is 6.64. The van der Waals surface area contributed by atoms with E-state index in [1.54, 1.807) is 12.1 Å². The lowest BCUT2D eigenvalue weighted by atomic mass is 9.70. The number of carboxylic acids is 1. The average molecular weight is 274 g/mol. The standard InChI is InChI=1S/C15H18N2O3/c1-15(7-2-8-15)10-17-14(20)12-5-3-11(9-16-12)4-6-13(18)19/h3-6,9H,2,7-8,10H2,1H3,(H,17,20)(H,18,19)/b6-4+. The van der Waals surface area contributed by atoms with Crippen LogP contribution in [-0.4, -0.2) is 28.5 Å². The number of pyridine rings is 1. The highest BCUT2D eigenvalue weighted by Gasteiger charge is 2.31. The molecule has 1 heterocycles. The number of hydrogen-bond acceptors (Lipinski definition) is 3. The Morgan fingerprint density at radius 3 is 2.70 bits per heavy atom. The third-order valence-corrected chi connectivity index (χ3v) is 3.67. The Morgan fingerprint density at radius 1 is 1.45 bits per heavy atom. The SMILES string of the molecule is CC1(CNC(=O)c2ccc(/C=C/C(=O)O)cn2)CCC1. The summed E-state index contributed by atoms with van der Waals surface area (Å²) in [4.78, 5) is 26.4. The largest absolute Gasteiger partial charge is 0.478 e. The summed E-state index contributed by atoms with van der Waals surface area (Å²) in [6, 6.07) is 3.27. The van der Waals surface area contributed by atoms with Gasteiger partial charge in [0.1, 0.15) is 5.69 Å². The van der Waals surface area contributed by atoms with Crippen molar-refractivity contribution in [3.8, 4) is 0 Å². The second-order valence-electron chi connectivity index (χ2n) is 5.50. The van der Waals surface area contributed by atoms with E-state index in [2.05, 4.69) is 17.2 Å². The van der Waals surface area contributed by atoms with Crippen LogP contribution >= 0.6 is 0 Å². The minimum atomic E-state index is -1.01. The molecule has 0 spiro atoms. The Morgan fingerprint density at radius 2 is 2.20 bits per heavy atom. The molecule has 1 amide bonds. The van der Waals surface area contributed by atoms with Gasteiger partial charge in [-0.1, -0.05) is 19.4 Å². The first-order valence-electron chi connectivity index (χ1n) is 6.64. The van der Waals surface area contributed by atoms with Crippen molar-refractivity contribution >= 4 is 18.0 Å². The van der Waals surface area contributed by atoms with Gasteiger partial charge in [0.25, 0.3) is 5.91 Å². The third kappa shape index (κ3) is 3.66. The zero-order valence-corrected chi connectivity index (χ0v) is 11.4. The van der Waals surface area contributed by atoms with Crippen LogP contribution in [0.3, 0.4) is 0 Å². The van der Waals surface area contributed by atoms with Gasteiger partial charge in [-0.2, -0.15) is 0 Å². The summed E-state index contributed by atoms with van der Waals surface area (Å²) in [5.74, 6) is -1.20. The fourth-order valence-corrected chi connectivity index (χ4v) is 2.15. The molecule has 5 heteroatoms. The molecule has 1 aromatic heterocycles. The Hall–Kier alpha value is -2.17. The third-order valence-electron chi connectivity index (χ3n) is 3.67. The highest BCUT2D eigenvalue weighted by molar-refractivity contribution is 5.92. The van der Waals surface area contributed by atoms with Gasteiger partial charge in [-0.25, -0.2) is 4.79 Å². The van der Waals surface area contributed by atoms with E-state index in [1.807, 2.05) is 0 Å². The molecule has 5 nitrogen and oxygen atoms in total. The maximum Gasteiger partial charge on any atom is 0.328 e. The van der Waals surface area contributed by atoms with Crippen LogP contribution in [0.15, 0.2) is 24.4 Å². The highest BCUT2D eigenvalue weighted by Crippen LogP contribution is 2.39. The number of carbonyl (C=O) groups excluding carboxylic acids is 1. The Kier molecular flexibility index (Phi) is 4.17. The predicted octanol–water partition coefficient (Wildman–Crippen LogP) is 2.10. The second kappa shape index (κ2) is 5.86. The van der Waals surface area contributed by atoms with E-state index in [0.717, 1.165) is 18.9 Å². The van der Waals surface area contributed by atoms with Crippen LogP contribution in [0.25, 0.3) is 6.08 Å². The van der Waals surface area contributed by atoms with Gasteiger partial charge in [0.2, 0.25) is 0 Å². The highest BCUT2D eigenvalue weighted by atomic mass is 16.4. The lowest BCUT2D eigenvalue weighted by Gasteiger charge is -2.38. The van der Waals surface area contributed by atoms with E-state index >= 15 is 0 Å². The number of aliphatic carboxylic acids is 1.